The van der Waals surface area contributed by atoms with Gasteiger partial charge in [0, 0.05) is 18.9 Å². The molecule has 18 heavy (non-hydrogen) atoms. The summed E-state index contributed by atoms with van der Waals surface area (Å²) in [5.41, 5.74) is 5.38. The third-order valence-corrected chi connectivity index (χ3v) is 2.82. The van der Waals surface area contributed by atoms with Crippen LogP contribution < -0.4 is 5.73 Å². The van der Waals surface area contributed by atoms with Crippen molar-refractivity contribution < 1.29 is 9.90 Å². The number of aliphatic carboxylic acids is 1. The van der Waals surface area contributed by atoms with E-state index in [1.54, 1.807) is 17.0 Å². The first kappa shape index (κ1) is 12.3. The number of carboxylic acids is 1. The zero-order valence-electron chi connectivity index (χ0n) is 10.1. The van der Waals surface area contributed by atoms with Gasteiger partial charge in [-0.2, -0.15) is 0 Å². The molecular weight excluding hydrogens is 230 g/mol. The molecule has 0 saturated heterocycles. The van der Waals surface area contributed by atoms with Crippen LogP contribution >= 0.6 is 0 Å². The summed E-state index contributed by atoms with van der Waals surface area (Å²) in [6, 6.07) is 9.75. The van der Waals surface area contributed by atoms with Crippen LogP contribution in [-0.4, -0.2) is 20.6 Å². The largest absolute Gasteiger partial charge is 0.480 e. The number of carboxylic acid groups (broad SMARTS) is 1. The molecule has 2 aromatic rings. The lowest BCUT2D eigenvalue weighted by Gasteiger charge is -2.20. The molecule has 0 spiro atoms. The van der Waals surface area contributed by atoms with Crippen molar-refractivity contribution in [3.05, 3.63) is 54.1 Å². The minimum absolute atomic E-state index is 0.346. The second-order valence-electron chi connectivity index (χ2n) is 4.37. The van der Waals surface area contributed by atoms with Crippen LogP contribution in [0.25, 0.3) is 0 Å². The average molecular weight is 245 g/mol. The molecule has 0 fully saturated rings. The summed E-state index contributed by atoms with van der Waals surface area (Å²) >= 11 is 0. The first-order valence-electron chi connectivity index (χ1n) is 5.59. The van der Waals surface area contributed by atoms with E-state index in [2.05, 4.69) is 4.98 Å². The van der Waals surface area contributed by atoms with Crippen molar-refractivity contribution in [2.24, 2.45) is 5.73 Å². The molecule has 2 rings (SSSR count). The van der Waals surface area contributed by atoms with Crippen LogP contribution in [0.4, 0.5) is 0 Å². The van der Waals surface area contributed by atoms with E-state index < -0.39 is 11.5 Å². The molecule has 0 unspecified atom stereocenters. The molecule has 3 N–H and O–H groups in total. The lowest BCUT2D eigenvalue weighted by molar-refractivity contribution is -0.143. The minimum Gasteiger partial charge on any atom is -0.480 e. The fourth-order valence-corrected chi connectivity index (χ4v) is 1.76. The number of hydrogen-bond acceptors (Lipinski definition) is 3. The van der Waals surface area contributed by atoms with Gasteiger partial charge in [0.1, 0.15) is 5.82 Å². The third-order valence-electron chi connectivity index (χ3n) is 2.82. The Kier molecular flexibility index (Phi) is 3.16. The summed E-state index contributed by atoms with van der Waals surface area (Å²) in [5, 5.41) is 9.13. The Labute approximate surface area is 105 Å². The minimum atomic E-state index is -1.49. The highest BCUT2D eigenvalue weighted by atomic mass is 16.4. The molecule has 1 aromatic heterocycles. The highest BCUT2D eigenvalue weighted by Crippen LogP contribution is 2.17. The van der Waals surface area contributed by atoms with E-state index in [4.69, 9.17) is 10.8 Å². The van der Waals surface area contributed by atoms with Crippen molar-refractivity contribution in [2.45, 2.75) is 19.0 Å². The van der Waals surface area contributed by atoms with Gasteiger partial charge < -0.3 is 15.4 Å². The van der Waals surface area contributed by atoms with Crippen LogP contribution in [0.2, 0.25) is 0 Å². The number of hydrogen-bond donors (Lipinski definition) is 2. The zero-order valence-corrected chi connectivity index (χ0v) is 10.1. The predicted octanol–water partition coefficient (Wildman–Crippen LogP) is 1.19. The molecule has 0 bridgehead atoms. The maximum absolute atomic E-state index is 11.1. The maximum atomic E-state index is 11.1. The Morgan fingerprint density at radius 1 is 1.44 bits per heavy atom. The summed E-state index contributed by atoms with van der Waals surface area (Å²) in [6.07, 6.45) is 3.29. The molecule has 94 valence electrons. The Morgan fingerprint density at radius 3 is 2.72 bits per heavy atom. The predicted molar refractivity (Wildman–Crippen MR) is 66.9 cm³/mol. The van der Waals surface area contributed by atoms with E-state index in [0.717, 1.165) is 5.56 Å². The van der Waals surface area contributed by atoms with Gasteiger partial charge in [0.2, 0.25) is 0 Å². The maximum Gasteiger partial charge on any atom is 0.331 e. The van der Waals surface area contributed by atoms with Crippen molar-refractivity contribution in [3.8, 4) is 0 Å². The second kappa shape index (κ2) is 4.62. The Bertz CT molecular complexity index is 546. The summed E-state index contributed by atoms with van der Waals surface area (Å²) in [6.45, 7) is 2.00. The number of carbonyl (C=O) groups is 1. The van der Waals surface area contributed by atoms with Gasteiger partial charge in [-0.05, 0) is 12.5 Å². The number of benzene rings is 1. The van der Waals surface area contributed by atoms with Crippen LogP contribution in [0.1, 0.15) is 18.3 Å². The van der Waals surface area contributed by atoms with Crippen LogP contribution in [0.15, 0.2) is 42.7 Å². The highest BCUT2D eigenvalue weighted by molar-refractivity contribution is 5.78. The molecule has 5 heteroatoms. The SMILES string of the molecule is C[C@@](N)(C(=O)O)c1nccn1Cc1ccccc1. The van der Waals surface area contributed by atoms with Gasteiger partial charge >= 0.3 is 5.97 Å². The van der Waals surface area contributed by atoms with Gasteiger partial charge in [-0.15, -0.1) is 0 Å². The molecule has 0 aliphatic heterocycles. The molecular formula is C13H15N3O2. The zero-order chi connectivity index (χ0) is 13.2. The second-order valence-corrected chi connectivity index (χ2v) is 4.37. The van der Waals surface area contributed by atoms with Crippen LogP contribution in [0.5, 0.6) is 0 Å². The smallest absolute Gasteiger partial charge is 0.331 e. The van der Waals surface area contributed by atoms with Crippen LogP contribution in [0, 0.1) is 0 Å². The van der Waals surface area contributed by atoms with Crippen molar-refractivity contribution in [1.29, 1.82) is 0 Å². The van der Waals surface area contributed by atoms with Gasteiger partial charge in [0.05, 0.1) is 0 Å². The Hall–Kier alpha value is -2.14. The lowest BCUT2D eigenvalue weighted by Crippen LogP contribution is -2.44. The van der Waals surface area contributed by atoms with Crippen LogP contribution in [0.3, 0.4) is 0 Å². The van der Waals surface area contributed by atoms with E-state index in [1.807, 2.05) is 30.3 Å². The molecule has 1 heterocycles. The lowest BCUT2D eigenvalue weighted by atomic mass is 10.0. The summed E-state index contributed by atoms with van der Waals surface area (Å²) in [5.74, 6) is -0.748. The van der Waals surface area contributed by atoms with Gasteiger partial charge in [0.25, 0.3) is 0 Å². The van der Waals surface area contributed by atoms with Crippen molar-refractivity contribution >= 4 is 5.97 Å². The fraction of sp³-hybridized carbons (Fsp3) is 0.231. The fourth-order valence-electron chi connectivity index (χ4n) is 1.76. The first-order chi connectivity index (χ1) is 8.51. The van der Waals surface area contributed by atoms with Gasteiger partial charge in [-0.25, -0.2) is 9.78 Å². The average Bonchev–Trinajstić information content (AvgIpc) is 2.79. The molecule has 0 amide bonds. The van der Waals surface area contributed by atoms with E-state index >= 15 is 0 Å². The molecule has 1 atom stereocenters. The topological polar surface area (TPSA) is 81.1 Å². The van der Waals surface area contributed by atoms with Crippen molar-refractivity contribution in [1.82, 2.24) is 9.55 Å². The van der Waals surface area contributed by atoms with E-state index in [-0.39, 0.29) is 0 Å². The van der Waals surface area contributed by atoms with Gasteiger partial charge in [-0.3, -0.25) is 0 Å². The highest BCUT2D eigenvalue weighted by Gasteiger charge is 2.34. The molecule has 0 radical (unpaired) electrons. The van der Waals surface area contributed by atoms with E-state index in [0.29, 0.717) is 12.4 Å². The quantitative estimate of drug-likeness (QED) is 0.847. The standard InChI is InChI=1S/C13H15N3O2/c1-13(14,12(17)18)11-15-7-8-16(11)9-10-5-3-2-4-6-10/h2-8H,9,14H2,1H3,(H,17,18)/t13-/m0/s1. The number of nitrogens with two attached hydrogens (primary N) is 1. The molecule has 0 aliphatic carbocycles. The first-order valence-corrected chi connectivity index (χ1v) is 5.59. The summed E-state index contributed by atoms with van der Waals surface area (Å²) in [4.78, 5) is 15.2. The van der Waals surface area contributed by atoms with Crippen LogP contribution in [-0.2, 0) is 16.9 Å². The van der Waals surface area contributed by atoms with E-state index in [9.17, 15) is 4.79 Å². The molecule has 0 aliphatic rings. The van der Waals surface area contributed by atoms with E-state index in [1.165, 1.54) is 6.92 Å². The normalized spacial score (nSPS) is 14.1. The van der Waals surface area contributed by atoms with Gasteiger partial charge in [0.15, 0.2) is 5.54 Å². The molecule has 0 saturated carbocycles. The third kappa shape index (κ3) is 2.26. The molecule has 1 aromatic carbocycles. The Balaban J connectivity index is 2.32. The van der Waals surface area contributed by atoms with Gasteiger partial charge in [-0.1, -0.05) is 30.3 Å². The van der Waals surface area contributed by atoms with Crippen molar-refractivity contribution in [3.63, 3.8) is 0 Å². The summed E-state index contributed by atoms with van der Waals surface area (Å²) in [7, 11) is 0. The number of rotatable bonds is 4. The number of nitrogens with zero attached hydrogens (tertiary/aromatic N) is 2. The molecule has 5 nitrogen and oxygen atoms in total. The van der Waals surface area contributed by atoms with Crippen molar-refractivity contribution in [2.75, 3.05) is 0 Å². The number of aromatic nitrogens is 2. The summed E-state index contributed by atoms with van der Waals surface area (Å²) < 4.78 is 1.75. The number of imidazole rings is 1. The Morgan fingerprint density at radius 2 is 2.11 bits per heavy atom. The monoisotopic (exact) mass is 245 g/mol.